The highest BCUT2D eigenvalue weighted by Gasteiger charge is 2.59. The average Bonchev–Trinajstić information content (AvgIpc) is 3.79. The fraction of sp³-hybridized carbons (Fsp3) is 0.310. The molecule has 2 aromatic carbocycles. The summed E-state index contributed by atoms with van der Waals surface area (Å²) in [5, 5.41) is 15.5. The first kappa shape index (κ1) is 21.9. The SMILES string of the molecule is Cc1cc(C(=O)NC2C3Oc4ccc(Oc5ccnc6c5CCC(=O)N6)cc4C23)cc(C2(C#N)CC2)c1. The maximum Gasteiger partial charge on any atom is 0.251 e. The van der Waals surface area contributed by atoms with Gasteiger partial charge in [0.25, 0.3) is 5.91 Å². The zero-order chi connectivity index (χ0) is 25.3. The number of aryl methyl sites for hydroxylation is 1. The Morgan fingerprint density at radius 3 is 2.89 bits per heavy atom. The van der Waals surface area contributed by atoms with Crippen molar-refractivity contribution in [1.29, 1.82) is 5.26 Å². The first-order valence-corrected chi connectivity index (χ1v) is 12.5. The summed E-state index contributed by atoms with van der Waals surface area (Å²) >= 11 is 0. The van der Waals surface area contributed by atoms with Crippen molar-refractivity contribution in [2.24, 2.45) is 0 Å². The van der Waals surface area contributed by atoms with Crippen LogP contribution in [0.2, 0.25) is 0 Å². The summed E-state index contributed by atoms with van der Waals surface area (Å²) in [5.41, 5.74) is 3.94. The van der Waals surface area contributed by atoms with Crippen molar-refractivity contribution in [2.75, 3.05) is 5.32 Å². The lowest BCUT2D eigenvalue weighted by Gasteiger charge is -2.19. The largest absolute Gasteiger partial charge is 0.487 e. The Morgan fingerprint density at radius 2 is 2.08 bits per heavy atom. The molecule has 0 spiro atoms. The molecule has 37 heavy (non-hydrogen) atoms. The van der Waals surface area contributed by atoms with Gasteiger partial charge in [0.1, 0.15) is 29.2 Å². The standard InChI is InChI=1S/C29H24N4O4/c1-15-10-16(12-17(11-15)29(14-30)7-8-29)28(35)33-25-24-20-13-18(2-4-21(20)37-26(24)25)36-22-6-9-31-27-19(22)3-5-23(34)32-27/h2,4,6,9-13,24-26H,3,5,7-8H2,1H3,(H,33,35)(H,31,32,34). The Hall–Kier alpha value is -4.38. The third-order valence-corrected chi connectivity index (χ3v) is 7.81. The van der Waals surface area contributed by atoms with Crippen molar-refractivity contribution in [1.82, 2.24) is 10.3 Å². The molecular formula is C29H24N4O4. The van der Waals surface area contributed by atoms with Gasteiger partial charge in [-0.1, -0.05) is 11.6 Å². The number of nitrogens with zero attached hydrogens (tertiary/aromatic N) is 2. The molecule has 3 heterocycles. The molecule has 0 saturated heterocycles. The molecule has 3 atom stereocenters. The number of nitriles is 1. The van der Waals surface area contributed by atoms with Crippen molar-refractivity contribution in [3.8, 4) is 23.3 Å². The molecule has 8 heteroatoms. The molecule has 2 N–H and O–H groups in total. The number of nitrogens with one attached hydrogen (secondary N) is 2. The molecule has 8 nitrogen and oxygen atoms in total. The molecule has 2 aliphatic heterocycles. The van der Waals surface area contributed by atoms with Crippen LogP contribution in [0.15, 0.2) is 48.7 Å². The number of fused-ring (bicyclic) bond motifs is 4. The predicted octanol–water partition coefficient (Wildman–Crippen LogP) is 4.28. The highest BCUT2D eigenvalue weighted by molar-refractivity contribution is 5.95. The quantitative estimate of drug-likeness (QED) is 0.550. The number of anilines is 1. The summed E-state index contributed by atoms with van der Waals surface area (Å²) < 4.78 is 12.3. The fourth-order valence-corrected chi connectivity index (χ4v) is 5.57. The lowest BCUT2D eigenvalue weighted by Crippen LogP contribution is -2.30. The van der Waals surface area contributed by atoms with E-state index in [-0.39, 0.29) is 29.9 Å². The van der Waals surface area contributed by atoms with Crippen LogP contribution in [-0.2, 0) is 16.6 Å². The van der Waals surface area contributed by atoms with E-state index in [9.17, 15) is 14.9 Å². The van der Waals surface area contributed by atoms with Crippen LogP contribution in [0.5, 0.6) is 17.2 Å². The third-order valence-electron chi connectivity index (χ3n) is 7.81. The maximum atomic E-state index is 13.1. The van der Waals surface area contributed by atoms with Gasteiger partial charge in [-0.15, -0.1) is 0 Å². The first-order valence-electron chi connectivity index (χ1n) is 12.5. The van der Waals surface area contributed by atoms with Crippen LogP contribution in [0.4, 0.5) is 5.82 Å². The van der Waals surface area contributed by atoms with E-state index >= 15 is 0 Å². The van der Waals surface area contributed by atoms with E-state index in [4.69, 9.17) is 9.47 Å². The van der Waals surface area contributed by atoms with Crippen LogP contribution >= 0.6 is 0 Å². The number of carbonyl (C=O) groups is 2. The topological polar surface area (TPSA) is 113 Å². The normalized spacial score (nSPS) is 23.4. The minimum atomic E-state index is -0.435. The second-order valence-corrected chi connectivity index (χ2v) is 10.4. The molecule has 2 saturated carbocycles. The number of amides is 2. The van der Waals surface area contributed by atoms with Gasteiger partial charge in [0.2, 0.25) is 5.91 Å². The van der Waals surface area contributed by atoms with Crippen molar-refractivity contribution in [3.63, 3.8) is 0 Å². The van der Waals surface area contributed by atoms with Gasteiger partial charge < -0.3 is 20.1 Å². The first-order chi connectivity index (χ1) is 17.9. The van der Waals surface area contributed by atoms with Gasteiger partial charge >= 0.3 is 0 Å². The molecule has 1 aromatic heterocycles. The van der Waals surface area contributed by atoms with Gasteiger partial charge in [0.15, 0.2) is 0 Å². The Balaban J connectivity index is 1.08. The van der Waals surface area contributed by atoms with E-state index in [2.05, 4.69) is 21.7 Å². The van der Waals surface area contributed by atoms with Crippen LogP contribution in [0.1, 0.15) is 57.8 Å². The lowest BCUT2D eigenvalue weighted by molar-refractivity contribution is -0.116. The fourth-order valence-electron chi connectivity index (χ4n) is 5.57. The molecule has 0 radical (unpaired) electrons. The number of ether oxygens (including phenoxy) is 2. The molecule has 3 unspecified atom stereocenters. The van der Waals surface area contributed by atoms with E-state index in [1.54, 1.807) is 12.3 Å². The van der Waals surface area contributed by atoms with Crippen molar-refractivity contribution < 1.29 is 19.1 Å². The Kier molecular flexibility index (Phi) is 4.61. The Bertz CT molecular complexity index is 1540. The number of pyridine rings is 1. The molecule has 0 bridgehead atoms. The number of hydrogen-bond donors (Lipinski definition) is 2. The van der Waals surface area contributed by atoms with Gasteiger partial charge in [-0.05, 0) is 68.1 Å². The minimum Gasteiger partial charge on any atom is -0.487 e. The summed E-state index contributed by atoms with van der Waals surface area (Å²) in [6, 6.07) is 15.6. The zero-order valence-electron chi connectivity index (χ0n) is 20.2. The Morgan fingerprint density at radius 1 is 1.22 bits per heavy atom. The third kappa shape index (κ3) is 3.61. The van der Waals surface area contributed by atoms with Crippen LogP contribution in [0.25, 0.3) is 0 Å². The number of rotatable bonds is 5. The number of hydrogen-bond acceptors (Lipinski definition) is 6. The van der Waals surface area contributed by atoms with Gasteiger partial charge in [0.05, 0.1) is 23.4 Å². The molecule has 184 valence electrons. The maximum absolute atomic E-state index is 13.1. The second kappa shape index (κ2) is 7.81. The van der Waals surface area contributed by atoms with Crippen LogP contribution in [0.3, 0.4) is 0 Å². The molecule has 2 fully saturated rings. The van der Waals surface area contributed by atoms with Crippen LogP contribution in [0, 0.1) is 18.3 Å². The minimum absolute atomic E-state index is 0.0429. The van der Waals surface area contributed by atoms with Crippen LogP contribution < -0.4 is 20.1 Å². The smallest absolute Gasteiger partial charge is 0.251 e. The average molecular weight is 493 g/mol. The van der Waals surface area contributed by atoms with Crippen molar-refractivity contribution in [2.45, 2.75) is 56.1 Å². The molecule has 2 aliphatic carbocycles. The number of carbonyl (C=O) groups excluding carboxylic acids is 2. The van der Waals surface area contributed by atoms with Gasteiger partial charge in [0, 0.05) is 29.3 Å². The highest BCUT2D eigenvalue weighted by Crippen LogP contribution is 2.55. The molecule has 4 aliphatic rings. The number of aromatic nitrogens is 1. The molecule has 2 amide bonds. The highest BCUT2D eigenvalue weighted by atomic mass is 16.5. The summed E-state index contributed by atoms with van der Waals surface area (Å²) in [6.45, 7) is 1.95. The molecule has 7 rings (SSSR count). The summed E-state index contributed by atoms with van der Waals surface area (Å²) in [4.78, 5) is 29.1. The van der Waals surface area contributed by atoms with Crippen molar-refractivity contribution in [3.05, 3.63) is 76.5 Å². The van der Waals surface area contributed by atoms with E-state index in [1.807, 2.05) is 43.3 Å². The molecule has 3 aromatic rings. The van der Waals surface area contributed by atoms with Crippen molar-refractivity contribution >= 4 is 17.6 Å². The van der Waals surface area contributed by atoms with E-state index in [0.717, 1.165) is 40.8 Å². The van der Waals surface area contributed by atoms with Gasteiger partial charge in [-0.2, -0.15) is 5.26 Å². The van der Waals surface area contributed by atoms with Gasteiger partial charge in [-0.25, -0.2) is 4.98 Å². The van der Waals surface area contributed by atoms with Gasteiger partial charge in [-0.3, -0.25) is 9.59 Å². The van der Waals surface area contributed by atoms with E-state index in [0.29, 0.717) is 35.7 Å². The summed E-state index contributed by atoms with van der Waals surface area (Å²) in [6.07, 6.45) is 4.18. The molecular weight excluding hydrogens is 468 g/mol. The van der Waals surface area contributed by atoms with E-state index in [1.165, 1.54) is 0 Å². The zero-order valence-corrected chi connectivity index (χ0v) is 20.2. The monoisotopic (exact) mass is 492 g/mol. The predicted molar refractivity (Wildman–Crippen MR) is 134 cm³/mol. The van der Waals surface area contributed by atoms with E-state index < -0.39 is 5.41 Å². The second-order valence-electron chi connectivity index (χ2n) is 10.4. The Labute approximate surface area is 213 Å². The number of benzene rings is 2. The van der Waals surface area contributed by atoms with Crippen LogP contribution in [-0.4, -0.2) is 28.9 Å². The summed E-state index contributed by atoms with van der Waals surface area (Å²) in [5.74, 6) is 2.55. The summed E-state index contributed by atoms with van der Waals surface area (Å²) in [7, 11) is 0. The lowest BCUT2D eigenvalue weighted by atomic mass is 9.93.